The highest BCUT2D eigenvalue weighted by Gasteiger charge is 2.23. The first-order valence-corrected chi connectivity index (χ1v) is 8.66. The Morgan fingerprint density at radius 3 is 2.50 bits per heavy atom. The highest BCUT2D eigenvalue weighted by molar-refractivity contribution is 5.91. The van der Waals surface area contributed by atoms with Gasteiger partial charge in [-0.1, -0.05) is 18.2 Å². The van der Waals surface area contributed by atoms with Crippen molar-refractivity contribution in [1.82, 2.24) is 19.6 Å². The molecule has 1 aliphatic heterocycles. The lowest BCUT2D eigenvalue weighted by Gasteiger charge is -2.33. The number of carbonyl (C=O) groups is 2. The summed E-state index contributed by atoms with van der Waals surface area (Å²) in [5.74, 6) is -0.0685. The zero-order valence-electron chi connectivity index (χ0n) is 14.7. The minimum absolute atomic E-state index is 0.0685. The molecule has 1 aromatic carbocycles. The van der Waals surface area contributed by atoms with E-state index in [4.69, 9.17) is 4.74 Å². The van der Waals surface area contributed by atoms with Crippen molar-refractivity contribution in [2.24, 2.45) is 0 Å². The second-order valence-corrected chi connectivity index (χ2v) is 5.90. The number of hydrogen-bond acceptors (Lipinski definition) is 4. The molecule has 0 unspecified atom stereocenters. The highest BCUT2D eigenvalue weighted by atomic mass is 16.6. The first-order chi connectivity index (χ1) is 12.7. The molecule has 1 saturated heterocycles. The minimum atomic E-state index is -0.316. The monoisotopic (exact) mass is 354 g/mol. The average molecular weight is 354 g/mol. The van der Waals surface area contributed by atoms with Gasteiger partial charge in [0.2, 0.25) is 5.91 Å². The van der Waals surface area contributed by atoms with E-state index in [1.165, 1.54) is 0 Å². The van der Waals surface area contributed by atoms with E-state index in [0.29, 0.717) is 32.8 Å². The second kappa shape index (κ2) is 8.33. The van der Waals surface area contributed by atoms with Crippen molar-refractivity contribution in [2.45, 2.75) is 6.92 Å². The molecule has 0 N–H and O–H groups in total. The van der Waals surface area contributed by atoms with Crippen molar-refractivity contribution in [2.75, 3.05) is 32.8 Å². The molecule has 26 heavy (non-hydrogen) atoms. The van der Waals surface area contributed by atoms with E-state index in [0.717, 1.165) is 11.3 Å². The van der Waals surface area contributed by atoms with Gasteiger partial charge in [0.25, 0.3) is 0 Å². The summed E-state index contributed by atoms with van der Waals surface area (Å²) in [6, 6.07) is 9.79. The average Bonchev–Trinajstić information content (AvgIpc) is 3.16. The summed E-state index contributed by atoms with van der Waals surface area (Å²) in [5.41, 5.74) is 1.82. The van der Waals surface area contributed by atoms with Gasteiger partial charge in [-0.2, -0.15) is 5.10 Å². The van der Waals surface area contributed by atoms with E-state index < -0.39 is 0 Å². The third-order valence-corrected chi connectivity index (χ3v) is 4.16. The van der Waals surface area contributed by atoms with Crippen molar-refractivity contribution in [3.63, 3.8) is 0 Å². The van der Waals surface area contributed by atoms with Crippen LogP contribution < -0.4 is 0 Å². The van der Waals surface area contributed by atoms with Gasteiger partial charge >= 0.3 is 6.09 Å². The maximum absolute atomic E-state index is 12.3. The Morgan fingerprint density at radius 1 is 1.12 bits per heavy atom. The Balaban J connectivity index is 1.54. The number of nitrogens with zero attached hydrogens (tertiary/aromatic N) is 4. The molecule has 2 amide bonds. The molecule has 2 heterocycles. The predicted molar refractivity (Wildman–Crippen MR) is 97.8 cm³/mol. The summed E-state index contributed by atoms with van der Waals surface area (Å²) in [5, 5.41) is 4.31. The summed E-state index contributed by atoms with van der Waals surface area (Å²) < 4.78 is 6.75. The molecule has 0 aliphatic carbocycles. The van der Waals surface area contributed by atoms with Crippen LogP contribution in [0.1, 0.15) is 12.5 Å². The van der Waals surface area contributed by atoms with Gasteiger partial charge in [-0.3, -0.25) is 4.79 Å². The third kappa shape index (κ3) is 4.30. The fourth-order valence-corrected chi connectivity index (χ4v) is 2.74. The van der Waals surface area contributed by atoms with Crippen LogP contribution in [0, 0.1) is 0 Å². The van der Waals surface area contributed by atoms with Crippen molar-refractivity contribution < 1.29 is 14.3 Å². The van der Waals surface area contributed by atoms with Gasteiger partial charge in [0.15, 0.2) is 0 Å². The Kier molecular flexibility index (Phi) is 5.68. The number of ether oxygens (including phenoxy) is 1. The Labute approximate surface area is 152 Å². The molecule has 2 aromatic rings. The number of carbonyl (C=O) groups excluding carboxylic acids is 2. The summed E-state index contributed by atoms with van der Waals surface area (Å²) in [4.78, 5) is 27.4. The second-order valence-electron chi connectivity index (χ2n) is 5.90. The molecule has 7 heteroatoms. The molecule has 136 valence electrons. The summed E-state index contributed by atoms with van der Waals surface area (Å²) in [6.07, 6.45) is 6.58. The van der Waals surface area contributed by atoms with Crippen LogP contribution in [-0.4, -0.2) is 64.4 Å². The zero-order valence-corrected chi connectivity index (χ0v) is 14.7. The summed E-state index contributed by atoms with van der Waals surface area (Å²) in [6.45, 7) is 4.13. The van der Waals surface area contributed by atoms with Crippen molar-refractivity contribution >= 4 is 18.1 Å². The smallest absolute Gasteiger partial charge is 0.409 e. The molecule has 0 saturated carbocycles. The molecule has 1 aliphatic rings. The Morgan fingerprint density at radius 2 is 1.81 bits per heavy atom. The van der Waals surface area contributed by atoms with Crippen LogP contribution >= 0.6 is 0 Å². The molecule has 0 spiro atoms. The van der Waals surface area contributed by atoms with E-state index >= 15 is 0 Å². The summed E-state index contributed by atoms with van der Waals surface area (Å²) in [7, 11) is 0. The summed E-state index contributed by atoms with van der Waals surface area (Å²) >= 11 is 0. The lowest BCUT2D eigenvalue weighted by atomic mass is 10.2. The maximum Gasteiger partial charge on any atom is 0.409 e. The number of piperazine rings is 1. The van der Waals surface area contributed by atoms with Crippen LogP contribution in [0.2, 0.25) is 0 Å². The van der Waals surface area contributed by atoms with E-state index in [2.05, 4.69) is 5.10 Å². The first-order valence-electron chi connectivity index (χ1n) is 8.66. The fourth-order valence-electron chi connectivity index (χ4n) is 2.74. The van der Waals surface area contributed by atoms with Gasteiger partial charge in [0.1, 0.15) is 0 Å². The number of hydrogen-bond donors (Lipinski definition) is 0. The van der Waals surface area contributed by atoms with E-state index in [-0.39, 0.29) is 12.0 Å². The van der Waals surface area contributed by atoms with Gasteiger partial charge in [-0.15, -0.1) is 0 Å². The molecule has 7 nitrogen and oxygen atoms in total. The molecule has 0 radical (unpaired) electrons. The molecular formula is C19H22N4O3. The molecular weight excluding hydrogens is 332 g/mol. The van der Waals surface area contributed by atoms with Crippen LogP contribution in [0.15, 0.2) is 48.8 Å². The predicted octanol–water partition coefficient (Wildman–Crippen LogP) is 2.19. The van der Waals surface area contributed by atoms with Gasteiger partial charge in [-0.05, 0) is 25.1 Å². The van der Waals surface area contributed by atoms with Gasteiger partial charge in [-0.25, -0.2) is 9.48 Å². The van der Waals surface area contributed by atoms with Crippen LogP contribution in [0.5, 0.6) is 0 Å². The quantitative estimate of drug-likeness (QED) is 0.790. The number of aromatic nitrogens is 2. The minimum Gasteiger partial charge on any atom is -0.450 e. The number of benzene rings is 1. The fraction of sp³-hybridized carbons (Fsp3) is 0.316. The number of amides is 2. The largest absolute Gasteiger partial charge is 0.450 e. The van der Waals surface area contributed by atoms with Crippen LogP contribution in [0.4, 0.5) is 4.79 Å². The van der Waals surface area contributed by atoms with Crippen LogP contribution in [0.25, 0.3) is 11.8 Å². The Hall–Kier alpha value is -3.09. The SMILES string of the molecule is CCOC(=O)N1CCN(C(=O)/C=C/c2cnn(-c3ccccc3)c2)CC1. The first kappa shape index (κ1) is 17.7. The molecule has 1 aromatic heterocycles. The van der Waals surface area contributed by atoms with E-state index in [1.807, 2.05) is 36.5 Å². The Bertz CT molecular complexity index is 777. The molecule has 1 fully saturated rings. The standard InChI is InChI=1S/C19H22N4O3/c1-2-26-19(25)22-12-10-21(11-13-22)18(24)9-8-16-14-20-23(15-16)17-6-4-3-5-7-17/h3-9,14-15H,2,10-13H2,1H3/b9-8+. The van der Waals surface area contributed by atoms with Crippen LogP contribution in [0.3, 0.4) is 0 Å². The topological polar surface area (TPSA) is 67.7 Å². The number of rotatable bonds is 4. The maximum atomic E-state index is 12.3. The lowest BCUT2D eigenvalue weighted by molar-refractivity contribution is -0.127. The van der Waals surface area contributed by atoms with E-state index in [1.54, 1.807) is 39.8 Å². The normalized spacial score (nSPS) is 14.7. The molecule has 3 rings (SSSR count). The molecule has 0 bridgehead atoms. The van der Waals surface area contributed by atoms with Crippen molar-refractivity contribution in [1.29, 1.82) is 0 Å². The van der Waals surface area contributed by atoms with E-state index in [9.17, 15) is 9.59 Å². The van der Waals surface area contributed by atoms with Gasteiger partial charge in [0, 0.05) is 44.0 Å². The van der Waals surface area contributed by atoms with Crippen molar-refractivity contribution in [3.05, 3.63) is 54.4 Å². The molecule has 0 atom stereocenters. The van der Waals surface area contributed by atoms with Gasteiger partial charge in [0.05, 0.1) is 18.5 Å². The van der Waals surface area contributed by atoms with Crippen LogP contribution in [-0.2, 0) is 9.53 Å². The third-order valence-electron chi connectivity index (χ3n) is 4.16. The number of para-hydroxylation sites is 1. The highest BCUT2D eigenvalue weighted by Crippen LogP contribution is 2.10. The van der Waals surface area contributed by atoms with Gasteiger partial charge < -0.3 is 14.5 Å². The zero-order chi connectivity index (χ0) is 18.4. The lowest BCUT2D eigenvalue weighted by Crippen LogP contribution is -2.50. The van der Waals surface area contributed by atoms with Crippen molar-refractivity contribution in [3.8, 4) is 5.69 Å².